The molecule has 0 saturated carbocycles. The van der Waals surface area contributed by atoms with Gasteiger partial charge in [0.15, 0.2) is 0 Å². The molecular weight excluding hydrogens is 344 g/mol. The zero-order valence-electron chi connectivity index (χ0n) is 15.4. The molecule has 5 heteroatoms. The molecule has 1 aromatic carbocycles. The van der Waals surface area contributed by atoms with Crippen LogP contribution in [0.3, 0.4) is 0 Å². The highest BCUT2D eigenvalue weighted by Gasteiger charge is 2.43. The number of nitrogens with one attached hydrogen (secondary N) is 1. The molecule has 3 heterocycles. The Kier molecular flexibility index (Phi) is 4.76. The van der Waals surface area contributed by atoms with E-state index >= 15 is 0 Å². The van der Waals surface area contributed by atoms with Gasteiger partial charge in [-0.05, 0) is 44.2 Å². The molecule has 0 aliphatic carbocycles. The summed E-state index contributed by atoms with van der Waals surface area (Å²) >= 11 is 1.48. The molecule has 0 radical (unpaired) electrons. The topological polar surface area (TPSA) is 41.6 Å². The van der Waals surface area contributed by atoms with Gasteiger partial charge >= 0.3 is 0 Å². The zero-order chi connectivity index (χ0) is 18.1. The van der Waals surface area contributed by atoms with Crippen LogP contribution in [0.2, 0.25) is 0 Å². The van der Waals surface area contributed by atoms with Crippen LogP contribution in [-0.4, -0.2) is 35.5 Å². The van der Waals surface area contributed by atoms with Gasteiger partial charge in [0.05, 0.1) is 10.9 Å². The third kappa shape index (κ3) is 3.38. The van der Waals surface area contributed by atoms with Gasteiger partial charge in [-0.25, -0.2) is 0 Å². The Morgan fingerprint density at radius 3 is 2.69 bits per heavy atom. The number of carbonyl (C=O) groups is 1. The number of hydrogen-bond acceptors (Lipinski definition) is 4. The summed E-state index contributed by atoms with van der Waals surface area (Å²) in [4.78, 5) is 15.9. The van der Waals surface area contributed by atoms with Crippen LogP contribution in [-0.2, 0) is 0 Å². The third-order valence-electron chi connectivity index (χ3n) is 5.69. The fourth-order valence-electron chi connectivity index (χ4n) is 4.14. The van der Waals surface area contributed by atoms with Crippen molar-refractivity contribution in [1.82, 2.24) is 10.2 Å². The molecule has 1 aromatic heterocycles. The summed E-state index contributed by atoms with van der Waals surface area (Å²) < 4.78 is 6.52. The van der Waals surface area contributed by atoms with Crippen molar-refractivity contribution < 1.29 is 9.53 Å². The molecule has 1 saturated heterocycles. The highest BCUT2D eigenvalue weighted by atomic mass is 32.1. The summed E-state index contributed by atoms with van der Waals surface area (Å²) in [5.74, 6) is 0.935. The lowest BCUT2D eigenvalue weighted by Crippen LogP contribution is -2.53. The van der Waals surface area contributed by atoms with Gasteiger partial charge in [0.1, 0.15) is 11.4 Å². The number of ether oxygens (including phenoxy) is 1. The summed E-state index contributed by atoms with van der Waals surface area (Å²) in [6, 6.07) is 12.5. The number of para-hydroxylation sites is 1. The van der Waals surface area contributed by atoms with E-state index in [0.717, 1.165) is 48.5 Å². The van der Waals surface area contributed by atoms with E-state index in [9.17, 15) is 4.79 Å². The van der Waals surface area contributed by atoms with E-state index in [0.29, 0.717) is 6.04 Å². The Balaban J connectivity index is 1.57. The average molecular weight is 371 g/mol. The van der Waals surface area contributed by atoms with Crippen LogP contribution in [0.1, 0.15) is 54.4 Å². The molecule has 0 bridgehead atoms. The first-order chi connectivity index (χ1) is 12.6. The molecular formula is C21H26N2O2S. The summed E-state index contributed by atoms with van der Waals surface area (Å²) in [5, 5.41) is 5.20. The Morgan fingerprint density at radius 1 is 1.23 bits per heavy atom. The number of fused-ring (bicyclic) bond motifs is 1. The largest absolute Gasteiger partial charge is 0.487 e. The van der Waals surface area contributed by atoms with E-state index in [-0.39, 0.29) is 17.6 Å². The predicted molar refractivity (Wildman–Crippen MR) is 105 cm³/mol. The lowest BCUT2D eigenvalue weighted by Gasteiger charge is -2.47. The van der Waals surface area contributed by atoms with Gasteiger partial charge in [0.2, 0.25) is 0 Å². The maximum atomic E-state index is 12.6. The quantitative estimate of drug-likeness (QED) is 0.878. The van der Waals surface area contributed by atoms with Gasteiger partial charge in [-0.3, -0.25) is 4.79 Å². The summed E-state index contributed by atoms with van der Waals surface area (Å²) in [5.41, 5.74) is 0.918. The summed E-state index contributed by atoms with van der Waals surface area (Å²) in [7, 11) is 0. The van der Waals surface area contributed by atoms with Crippen LogP contribution in [0.25, 0.3) is 0 Å². The molecule has 1 atom stereocenters. The van der Waals surface area contributed by atoms with Crippen LogP contribution in [0.5, 0.6) is 5.75 Å². The highest BCUT2D eigenvalue weighted by Crippen LogP contribution is 2.44. The number of piperidine rings is 1. The minimum Gasteiger partial charge on any atom is -0.487 e. The first-order valence-electron chi connectivity index (χ1n) is 9.43. The first kappa shape index (κ1) is 17.6. The molecule has 1 spiro atoms. The van der Waals surface area contributed by atoms with E-state index in [4.69, 9.17) is 4.74 Å². The van der Waals surface area contributed by atoms with E-state index < -0.39 is 0 Å². The SMILES string of the molecule is CC(C)N1CCC2(CC1)C[C@@H](NC(=O)c1cccs1)c1ccccc1O2. The Morgan fingerprint density at radius 2 is 2.00 bits per heavy atom. The number of amides is 1. The van der Waals surface area contributed by atoms with E-state index in [1.165, 1.54) is 11.3 Å². The van der Waals surface area contributed by atoms with E-state index in [1.807, 2.05) is 35.7 Å². The van der Waals surface area contributed by atoms with Crippen LogP contribution < -0.4 is 10.1 Å². The zero-order valence-corrected chi connectivity index (χ0v) is 16.2. The molecule has 1 fully saturated rings. The molecule has 2 aliphatic heterocycles. The number of rotatable bonds is 3. The lowest BCUT2D eigenvalue weighted by molar-refractivity contribution is -0.0305. The third-order valence-corrected chi connectivity index (χ3v) is 6.56. The van der Waals surface area contributed by atoms with E-state index in [2.05, 4.69) is 30.1 Å². The van der Waals surface area contributed by atoms with Crippen molar-refractivity contribution in [2.45, 2.75) is 50.8 Å². The van der Waals surface area contributed by atoms with Crippen LogP contribution in [0, 0.1) is 0 Å². The maximum absolute atomic E-state index is 12.6. The van der Waals surface area contributed by atoms with Gasteiger partial charge in [0, 0.05) is 31.1 Å². The standard InChI is InChI=1S/C21H26N2O2S/c1-15(2)23-11-9-21(10-12-23)14-17(16-6-3-4-7-18(16)25-21)22-20(24)19-8-5-13-26-19/h3-8,13,15,17H,9-12,14H2,1-2H3,(H,22,24)/t17-/m1/s1. The number of benzene rings is 1. The smallest absolute Gasteiger partial charge is 0.261 e. The van der Waals surface area contributed by atoms with Crippen molar-refractivity contribution in [2.75, 3.05) is 13.1 Å². The molecule has 0 unspecified atom stereocenters. The summed E-state index contributed by atoms with van der Waals surface area (Å²) in [6.45, 7) is 6.59. The van der Waals surface area contributed by atoms with Gasteiger partial charge in [-0.15, -0.1) is 11.3 Å². The molecule has 138 valence electrons. The molecule has 2 aromatic rings. The van der Waals surface area contributed by atoms with Gasteiger partial charge in [-0.2, -0.15) is 0 Å². The number of likely N-dealkylation sites (tertiary alicyclic amines) is 1. The van der Waals surface area contributed by atoms with E-state index in [1.54, 1.807) is 0 Å². The van der Waals surface area contributed by atoms with Crippen molar-refractivity contribution >= 4 is 17.2 Å². The van der Waals surface area contributed by atoms with Crippen molar-refractivity contribution in [1.29, 1.82) is 0 Å². The van der Waals surface area contributed by atoms with Crippen LogP contribution in [0.4, 0.5) is 0 Å². The first-order valence-corrected chi connectivity index (χ1v) is 10.3. The van der Waals surface area contributed by atoms with Crippen LogP contribution >= 0.6 is 11.3 Å². The van der Waals surface area contributed by atoms with Crippen molar-refractivity contribution in [2.24, 2.45) is 0 Å². The molecule has 26 heavy (non-hydrogen) atoms. The number of nitrogens with zero attached hydrogens (tertiary/aromatic N) is 1. The second kappa shape index (κ2) is 7.05. The average Bonchev–Trinajstić information content (AvgIpc) is 3.17. The normalized spacial score (nSPS) is 22.0. The Hall–Kier alpha value is -1.85. The van der Waals surface area contributed by atoms with Crippen molar-refractivity contribution in [3.63, 3.8) is 0 Å². The number of hydrogen-bond donors (Lipinski definition) is 1. The molecule has 1 N–H and O–H groups in total. The number of carbonyl (C=O) groups excluding carboxylic acids is 1. The summed E-state index contributed by atoms with van der Waals surface area (Å²) in [6.07, 6.45) is 2.85. The lowest BCUT2D eigenvalue weighted by atomic mass is 9.80. The molecule has 2 aliphatic rings. The minimum atomic E-state index is -0.173. The number of thiophene rings is 1. The fourth-order valence-corrected chi connectivity index (χ4v) is 4.77. The highest BCUT2D eigenvalue weighted by molar-refractivity contribution is 7.12. The maximum Gasteiger partial charge on any atom is 0.261 e. The van der Waals surface area contributed by atoms with Gasteiger partial charge in [-0.1, -0.05) is 24.3 Å². The fraction of sp³-hybridized carbons (Fsp3) is 0.476. The molecule has 1 amide bonds. The van der Waals surface area contributed by atoms with Crippen molar-refractivity contribution in [3.8, 4) is 5.75 Å². The van der Waals surface area contributed by atoms with Gasteiger partial charge < -0.3 is 15.0 Å². The molecule has 4 rings (SSSR count). The van der Waals surface area contributed by atoms with Crippen molar-refractivity contribution in [3.05, 3.63) is 52.2 Å². The predicted octanol–water partition coefficient (Wildman–Crippen LogP) is 4.24. The second-order valence-corrected chi connectivity index (χ2v) is 8.61. The van der Waals surface area contributed by atoms with Crippen LogP contribution in [0.15, 0.2) is 41.8 Å². The Labute approximate surface area is 159 Å². The Bertz CT molecular complexity index is 764. The minimum absolute atomic E-state index is 0.000139. The second-order valence-electron chi connectivity index (χ2n) is 7.66. The molecule has 4 nitrogen and oxygen atoms in total. The van der Waals surface area contributed by atoms with Gasteiger partial charge in [0.25, 0.3) is 5.91 Å². The monoisotopic (exact) mass is 370 g/mol.